The Balaban J connectivity index is 2.46. The van der Waals surface area contributed by atoms with E-state index < -0.39 is 0 Å². The topological polar surface area (TPSA) is 78.3 Å². The van der Waals surface area contributed by atoms with Crippen LogP contribution in [0.15, 0.2) is 22.7 Å². The molecular formula is C15H18N2O3. The van der Waals surface area contributed by atoms with Gasteiger partial charge in [-0.2, -0.15) is 0 Å². The molecular weight excluding hydrogens is 256 g/mol. The average molecular weight is 274 g/mol. The van der Waals surface area contributed by atoms with Crippen molar-refractivity contribution in [3.8, 4) is 17.0 Å². The molecule has 0 aliphatic rings. The largest absolute Gasteiger partial charge is 0.495 e. The summed E-state index contributed by atoms with van der Waals surface area (Å²) < 4.78 is 10.3. The maximum Gasteiger partial charge on any atom is 0.203 e. The van der Waals surface area contributed by atoms with Crippen molar-refractivity contribution in [2.24, 2.45) is 0 Å². The smallest absolute Gasteiger partial charge is 0.203 e. The number of carbonyl (C=O) groups excluding carboxylic acids is 1. The monoisotopic (exact) mass is 274 g/mol. The number of anilines is 1. The number of hydrogen-bond donors (Lipinski definition) is 1. The number of rotatable bonds is 6. The Kier molecular flexibility index (Phi) is 4.40. The summed E-state index contributed by atoms with van der Waals surface area (Å²) in [6, 6.07) is 5.41. The Morgan fingerprint density at radius 1 is 1.45 bits per heavy atom. The number of nitrogens with zero attached hydrogens (tertiary/aromatic N) is 1. The van der Waals surface area contributed by atoms with Crippen molar-refractivity contribution in [2.75, 3.05) is 12.8 Å². The Morgan fingerprint density at radius 2 is 2.25 bits per heavy atom. The predicted octanol–water partition coefficient (Wildman–Crippen LogP) is 3.09. The third-order valence-electron chi connectivity index (χ3n) is 3.21. The first-order valence-electron chi connectivity index (χ1n) is 6.58. The molecule has 1 aromatic heterocycles. The number of unbranched alkanes of at least 4 members (excludes halogenated alkanes) is 1. The highest BCUT2D eigenvalue weighted by atomic mass is 16.5. The molecule has 0 fully saturated rings. The molecule has 5 heteroatoms. The van der Waals surface area contributed by atoms with Crippen LogP contribution in [0.2, 0.25) is 0 Å². The number of nitrogens with two attached hydrogens (primary N) is 1. The lowest BCUT2D eigenvalue weighted by Gasteiger charge is -2.07. The summed E-state index contributed by atoms with van der Waals surface area (Å²) >= 11 is 0. The van der Waals surface area contributed by atoms with Gasteiger partial charge in [-0.1, -0.05) is 24.6 Å². The van der Waals surface area contributed by atoms with Gasteiger partial charge in [0.25, 0.3) is 0 Å². The Hall–Kier alpha value is -2.30. The summed E-state index contributed by atoms with van der Waals surface area (Å²) in [5.74, 6) is 0.879. The zero-order valence-electron chi connectivity index (χ0n) is 11.7. The van der Waals surface area contributed by atoms with Crippen LogP contribution in [-0.2, 0) is 6.42 Å². The van der Waals surface area contributed by atoms with Crippen molar-refractivity contribution in [1.82, 2.24) is 5.16 Å². The van der Waals surface area contributed by atoms with Crippen LogP contribution in [0, 0.1) is 0 Å². The van der Waals surface area contributed by atoms with E-state index in [1.165, 1.54) is 0 Å². The van der Waals surface area contributed by atoms with E-state index in [9.17, 15) is 4.79 Å². The zero-order valence-corrected chi connectivity index (χ0v) is 11.7. The number of benzene rings is 1. The predicted molar refractivity (Wildman–Crippen MR) is 76.9 cm³/mol. The second-order valence-corrected chi connectivity index (χ2v) is 4.55. The highest BCUT2D eigenvalue weighted by molar-refractivity contribution is 5.79. The van der Waals surface area contributed by atoms with Gasteiger partial charge in [-0.05, 0) is 25.0 Å². The number of aromatic nitrogens is 1. The SMILES string of the molecule is CCCCc1c(-c2ccc(N)c(OC)c2)noc1C=O. The lowest BCUT2D eigenvalue weighted by molar-refractivity contribution is 0.109. The van der Waals surface area contributed by atoms with E-state index >= 15 is 0 Å². The lowest BCUT2D eigenvalue weighted by atomic mass is 10.0. The Labute approximate surface area is 117 Å². The van der Waals surface area contributed by atoms with E-state index in [2.05, 4.69) is 12.1 Å². The van der Waals surface area contributed by atoms with Gasteiger partial charge in [0.05, 0.1) is 12.8 Å². The fraction of sp³-hybridized carbons (Fsp3) is 0.333. The molecule has 2 N–H and O–H groups in total. The molecule has 0 saturated heterocycles. The molecule has 0 bridgehead atoms. The normalized spacial score (nSPS) is 10.5. The quantitative estimate of drug-likeness (QED) is 0.647. The summed E-state index contributed by atoms with van der Waals surface area (Å²) in [4.78, 5) is 11.0. The van der Waals surface area contributed by atoms with Crippen molar-refractivity contribution in [3.63, 3.8) is 0 Å². The minimum atomic E-state index is 0.296. The minimum Gasteiger partial charge on any atom is -0.495 e. The lowest BCUT2D eigenvalue weighted by Crippen LogP contribution is -1.95. The van der Waals surface area contributed by atoms with E-state index in [1.807, 2.05) is 6.07 Å². The molecule has 20 heavy (non-hydrogen) atoms. The van der Waals surface area contributed by atoms with Gasteiger partial charge in [-0.15, -0.1) is 0 Å². The van der Waals surface area contributed by atoms with E-state index in [0.29, 0.717) is 29.2 Å². The third-order valence-corrected chi connectivity index (χ3v) is 3.21. The first-order valence-corrected chi connectivity index (χ1v) is 6.58. The van der Waals surface area contributed by atoms with E-state index in [0.717, 1.165) is 30.4 Å². The van der Waals surface area contributed by atoms with Crippen LogP contribution in [0.1, 0.15) is 35.9 Å². The molecule has 0 amide bonds. The summed E-state index contributed by atoms with van der Waals surface area (Å²) in [5, 5.41) is 4.01. The molecule has 106 valence electrons. The van der Waals surface area contributed by atoms with Crippen LogP contribution < -0.4 is 10.5 Å². The Bertz CT molecular complexity index is 605. The number of nitrogen functional groups attached to an aromatic ring is 1. The molecule has 1 heterocycles. The fourth-order valence-electron chi connectivity index (χ4n) is 2.09. The molecule has 2 aromatic rings. The Morgan fingerprint density at radius 3 is 2.90 bits per heavy atom. The highest BCUT2D eigenvalue weighted by Crippen LogP contribution is 2.31. The van der Waals surface area contributed by atoms with Crippen molar-refractivity contribution in [1.29, 1.82) is 0 Å². The zero-order chi connectivity index (χ0) is 14.5. The number of ether oxygens (including phenoxy) is 1. The molecule has 0 atom stereocenters. The van der Waals surface area contributed by atoms with Crippen molar-refractivity contribution >= 4 is 12.0 Å². The second-order valence-electron chi connectivity index (χ2n) is 4.55. The molecule has 0 unspecified atom stereocenters. The first-order chi connectivity index (χ1) is 9.71. The number of aldehydes is 1. The minimum absolute atomic E-state index is 0.296. The van der Waals surface area contributed by atoms with E-state index in [1.54, 1.807) is 19.2 Å². The van der Waals surface area contributed by atoms with Crippen LogP contribution >= 0.6 is 0 Å². The number of carbonyl (C=O) groups is 1. The van der Waals surface area contributed by atoms with Gasteiger partial charge >= 0.3 is 0 Å². The van der Waals surface area contributed by atoms with Crippen molar-refractivity contribution in [2.45, 2.75) is 26.2 Å². The van der Waals surface area contributed by atoms with Gasteiger partial charge in [-0.3, -0.25) is 4.79 Å². The molecule has 0 spiro atoms. The summed E-state index contributed by atoms with van der Waals surface area (Å²) in [5.41, 5.74) is 8.72. The summed E-state index contributed by atoms with van der Waals surface area (Å²) in [7, 11) is 1.56. The second kappa shape index (κ2) is 6.23. The molecule has 5 nitrogen and oxygen atoms in total. The van der Waals surface area contributed by atoms with Crippen molar-refractivity contribution < 1.29 is 14.1 Å². The molecule has 0 aliphatic carbocycles. The standard InChI is InChI=1S/C15H18N2O3/c1-3-4-5-11-14(9-18)20-17-15(11)10-6-7-12(16)13(8-10)19-2/h6-9H,3-5,16H2,1-2H3. The third kappa shape index (κ3) is 2.66. The van der Waals surface area contributed by atoms with Crippen LogP contribution in [0.3, 0.4) is 0 Å². The maximum atomic E-state index is 11.0. The van der Waals surface area contributed by atoms with Gasteiger partial charge in [0.15, 0.2) is 6.29 Å². The highest BCUT2D eigenvalue weighted by Gasteiger charge is 2.17. The van der Waals surface area contributed by atoms with Crippen LogP contribution in [0.4, 0.5) is 5.69 Å². The van der Waals surface area contributed by atoms with Gasteiger partial charge in [-0.25, -0.2) is 0 Å². The summed E-state index contributed by atoms with van der Waals surface area (Å²) in [6.07, 6.45) is 3.47. The summed E-state index contributed by atoms with van der Waals surface area (Å²) in [6.45, 7) is 2.10. The number of methoxy groups -OCH3 is 1. The average Bonchev–Trinajstić information content (AvgIpc) is 2.88. The molecule has 0 radical (unpaired) electrons. The maximum absolute atomic E-state index is 11.0. The van der Waals surface area contributed by atoms with E-state index in [-0.39, 0.29) is 0 Å². The van der Waals surface area contributed by atoms with Crippen LogP contribution in [0.25, 0.3) is 11.3 Å². The van der Waals surface area contributed by atoms with Crippen molar-refractivity contribution in [3.05, 3.63) is 29.5 Å². The van der Waals surface area contributed by atoms with Crippen LogP contribution in [0.5, 0.6) is 5.75 Å². The molecule has 1 aromatic carbocycles. The van der Waals surface area contributed by atoms with Gasteiger partial charge in [0.1, 0.15) is 11.4 Å². The van der Waals surface area contributed by atoms with Gasteiger partial charge < -0.3 is 15.0 Å². The molecule has 0 saturated carbocycles. The first kappa shape index (κ1) is 14.1. The fourth-order valence-corrected chi connectivity index (χ4v) is 2.09. The van der Waals surface area contributed by atoms with E-state index in [4.69, 9.17) is 15.0 Å². The molecule has 0 aliphatic heterocycles. The number of hydrogen-bond acceptors (Lipinski definition) is 5. The molecule has 2 rings (SSSR count). The van der Waals surface area contributed by atoms with Gasteiger partial charge in [0, 0.05) is 11.1 Å². The van der Waals surface area contributed by atoms with Crippen LogP contribution in [-0.4, -0.2) is 18.6 Å². The van der Waals surface area contributed by atoms with Gasteiger partial charge in [0.2, 0.25) is 5.76 Å².